The molecule has 0 amide bonds. The van der Waals surface area contributed by atoms with E-state index in [2.05, 4.69) is 61.0 Å². The minimum Gasteiger partial charge on any atom is -0.419 e. The lowest BCUT2D eigenvalue weighted by Gasteiger charge is -2.33. The molecule has 4 heteroatoms. The van der Waals surface area contributed by atoms with Crippen molar-refractivity contribution in [2.24, 2.45) is 11.8 Å². The third-order valence-corrected chi connectivity index (χ3v) is 5.71. The van der Waals surface area contributed by atoms with E-state index < -0.39 is 0 Å². The van der Waals surface area contributed by atoms with Crippen molar-refractivity contribution >= 4 is 0 Å². The zero-order valence-corrected chi connectivity index (χ0v) is 16.0. The highest BCUT2D eigenvalue weighted by molar-refractivity contribution is 5.54. The minimum absolute atomic E-state index is 0.495. The Kier molecular flexibility index (Phi) is 5.89. The summed E-state index contributed by atoms with van der Waals surface area (Å²) in [4.78, 5) is 2.45. The molecule has 1 aliphatic rings. The Bertz CT molecular complexity index is 671. The van der Waals surface area contributed by atoms with Crippen molar-refractivity contribution in [2.75, 3.05) is 13.1 Å². The van der Waals surface area contributed by atoms with E-state index in [0.29, 0.717) is 11.8 Å². The number of likely N-dealkylation sites (tertiary alicyclic amines) is 1. The second-order valence-electron chi connectivity index (χ2n) is 7.78. The van der Waals surface area contributed by atoms with Crippen LogP contribution in [0.3, 0.4) is 0 Å². The van der Waals surface area contributed by atoms with E-state index in [1.54, 1.807) is 0 Å². The Morgan fingerprint density at radius 1 is 1.16 bits per heavy atom. The van der Waals surface area contributed by atoms with Crippen LogP contribution in [0.25, 0.3) is 11.5 Å². The van der Waals surface area contributed by atoms with Crippen LogP contribution in [0.4, 0.5) is 0 Å². The number of hydrogen-bond acceptors (Lipinski definition) is 4. The molecule has 0 saturated carbocycles. The van der Waals surface area contributed by atoms with Gasteiger partial charge in [-0.1, -0.05) is 46.2 Å². The van der Waals surface area contributed by atoms with Crippen molar-refractivity contribution < 1.29 is 4.42 Å². The van der Waals surface area contributed by atoms with Gasteiger partial charge in [-0.25, -0.2) is 0 Å². The first kappa shape index (κ1) is 18.1. The Morgan fingerprint density at radius 3 is 2.60 bits per heavy atom. The molecule has 0 aliphatic carbocycles. The summed E-state index contributed by atoms with van der Waals surface area (Å²) in [7, 11) is 0. The van der Waals surface area contributed by atoms with Crippen molar-refractivity contribution in [3.05, 3.63) is 35.7 Å². The van der Waals surface area contributed by atoms with Gasteiger partial charge in [0.05, 0.1) is 6.54 Å². The Morgan fingerprint density at radius 2 is 1.92 bits per heavy atom. The van der Waals surface area contributed by atoms with Crippen molar-refractivity contribution in [2.45, 2.75) is 59.4 Å². The van der Waals surface area contributed by atoms with Crippen LogP contribution in [0, 0.1) is 11.8 Å². The van der Waals surface area contributed by atoms with Crippen LogP contribution in [0.5, 0.6) is 0 Å². The predicted octanol–water partition coefficient (Wildman–Crippen LogP) is 5.12. The summed E-state index contributed by atoms with van der Waals surface area (Å²) in [5.41, 5.74) is 2.31. The SMILES string of the molecule is CCC(C)C1CCN(Cc2nnc(-c3cccc(C(C)C)c3)o2)CC1. The maximum absolute atomic E-state index is 5.94. The molecule has 1 aromatic heterocycles. The van der Waals surface area contributed by atoms with Crippen molar-refractivity contribution in [3.63, 3.8) is 0 Å². The molecule has 0 N–H and O–H groups in total. The van der Waals surface area contributed by atoms with Crippen LogP contribution in [0.1, 0.15) is 64.3 Å². The lowest BCUT2D eigenvalue weighted by molar-refractivity contribution is 0.136. The van der Waals surface area contributed by atoms with Gasteiger partial charge in [-0.15, -0.1) is 10.2 Å². The quantitative estimate of drug-likeness (QED) is 0.731. The lowest BCUT2D eigenvalue weighted by Crippen LogP contribution is -2.35. The van der Waals surface area contributed by atoms with E-state index in [-0.39, 0.29) is 0 Å². The topological polar surface area (TPSA) is 42.2 Å². The summed E-state index contributed by atoms with van der Waals surface area (Å²) >= 11 is 0. The molecule has 0 spiro atoms. The van der Waals surface area contributed by atoms with Crippen molar-refractivity contribution in [1.29, 1.82) is 0 Å². The highest BCUT2D eigenvalue weighted by atomic mass is 16.4. The normalized spacial score (nSPS) is 18.0. The molecule has 1 aliphatic heterocycles. The third kappa shape index (κ3) is 4.49. The van der Waals surface area contributed by atoms with E-state index in [1.165, 1.54) is 24.8 Å². The van der Waals surface area contributed by atoms with E-state index in [4.69, 9.17) is 4.42 Å². The van der Waals surface area contributed by atoms with Gasteiger partial charge in [-0.3, -0.25) is 4.90 Å². The second-order valence-corrected chi connectivity index (χ2v) is 7.78. The monoisotopic (exact) mass is 341 g/mol. The first-order valence-corrected chi connectivity index (χ1v) is 9.71. The smallest absolute Gasteiger partial charge is 0.247 e. The first-order valence-electron chi connectivity index (χ1n) is 9.71. The number of benzene rings is 1. The Hall–Kier alpha value is -1.68. The van der Waals surface area contributed by atoms with E-state index >= 15 is 0 Å². The molecule has 1 fully saturated rings. The highest BCUT2D eigenvalue weighted by Crippen LogP contribution is 2.28. The van der Waals surface area contributed by atoms with Crippen LogP contribution in [0.2, 0.25) is 0 Å². The molecule has 1 atom stereocenters. The molecule has 1 aromatic carbocycles. The van der Waals surface area contributed by atoms with Gasteiger partial charge in [0.25, 0.3) is 0 Å². The van der Waals surface area contributed by atoms with Crippen molar-refractivity contribution in [3.8, 4) is 11.5 Å². The number of nitrogens with zero attached hydrogens (tertiary/aromatic N) is 3. The average Bonchev–Trinajstić information content (AvgIpc) is 3.10. The van der Waals surface area contributed by atoms with E-state index in [0.717, 1.165) is 42.9 Å². The summed E-state index contributed by atoms with van der Waals surface area (Å²) in [6, 6.07) is 8.40. The molecule has 2 heterocycles. The predicted molar refractivity (Wildman–Crippen MR) is 101 cm³/mol. The standard InChI is InChI=1S/C21H31N3O/c1-5-16(4)17-9-11-24(12-10-17)14-20-22-23-21(25-20)19-8-6-7-18(13-19)15(2)3/h6-8,13,15-17H,5,9-12,14H2,1-4H3. The molecule has 0 radical (unpaired) electrons. The second kappa shape index (κ2) is 8.13. The van der Waals surface area contributed by atoms with Gasteiger partial charge < -0.3 is 4.42 Å². The first-order chi connectivity index (χ1) is 12.1. The van der Waals surface area contributed by atoms with Crippen LogP contribution in [0.15, 0.2) is 28.7 Å². The van der Waals surface area contributed by atoms with Crippen LogP contribution in [-0.2, 0) is 6.54 Å². The third-order valence-electron chi connectivity index (χ3n) is 5.71. The van der Waals surface area contributed by atoms with Gasteiger partial charge in [0.15, 0.2) is 0 Å². The molecule has 1 saturated heterocycles. The molecule has 3 rings (SSSR count). The highest BCUT2D eigenvalue weighted by Gasteiger charge is 2.24. The molecule has 1 unspecified atom stereocenters. The summed E-state index contributed by atoms with van der Waals surface area (Å²) in [5, 5.41) is 8.54. The maximum atomic E-state index is 5.94. The summed E-state index contributed by atoms with van der Waals surface area (Å²) in [5.74, 6) is 3.57. The number of hydrogen-bond donors (Lipinski definition) is 0. The lowest BCUT2D eigenvalue weighted by atomic mass is 9.84. The summed E-state index contributed by atoms with van der Waals surface area (Å²) in [6.45, 7) is 12.1. The molecule has 0 bridgehead atoms. The van der Waals surface area contributed by atoms with Gasteiger partial charge >= 0.3 is 0 Å². The maximum Gasteiger partial charge on any atom is 0.247 e. The minimum atomic E-state index is 0.495. The molecular weight excluding hydrogens is 310 g/mol. The largest absolute Gasteiger partial charge is 0.419 e. The van der Waals surface area contributed by atoms with Crippen LogP contribution < -0.4 is 0 Å². The van der Waals surface area contributed by atoms with Crippen LogP contribution >= 0.6 is 0 Å². The fraction of sp³-hybridized carbons (Fsp3) is 0.619. The Balaban J connectivity index is 1.60. The average molecular weight is 341 g/mol. The van der Waals surface area contributed by atoms with E-state index in [9.17, 15) is 0 Å². The van der Waals surface area contributed by atoms with Crippen molar-refractivity contribution in [1.82, 2.24) is 15.1 Å². The summed E-state index contributed by atoms with van der Waals surface area (Å²) < 4.78 is 5.94. The fourth-order valence-corrected chi connectivity index (χ4v) is 3.67. The summed E-state index contributed by atoms with van der Waals surface area (Å²) in [6.07, 6.45) is 3.85. The van der Waals surface area contributed by atoms with Gasteiger partial charge in [0.2, 0.25) is 11.8 Å². The van der Waals surface area contributed by atoms with Crippen LogP contribution in [-0.4, -0.2) is 28.2 Å². The van der Waals surface area contributed by atoms with Gasteiger partial charge in [0.1, 0.15) is 0 Å². The zero-order valence-electron chi connectivity index (χ0n) is 16.0. The van der Waals surface area contributed by atoms with E-state index in [1.807, 2.05) is 6.07 Å². The van der Waals surface area contributed by atoms with Gasteiger partial charge in [-0.05, 0) is 61.4 Å². The zero-order chi connectivity index (χ0) is 17.8. The molecule has 4 nitrogen and oxygen atoms in total. The Labute approximate surface area is 151 Å². The number of aromatic nitrogens is 2. The number of rotatable bonds is 6. The molecule has 25 heavy (non-hydrogen) atoms. The fourth-order valence-electron chi connectivity index (χ4n) is 3.67. The number of piperidine rings is 1. The van der Waals surface area contributed by atoms with Gasteiger partial charge in [-0.2, -0.15) is 0 Å². The molecule has 136 valence electrons. The molecular formula is C21H31N3O. The van der Waals surface area contributed by atoms with Gasteiger partial charge in [0, 0.05) is 5.56 Å². The molecule has 2 aromatic rings.